The van der Waals surface area contributed by atoms with Gasteiger partial charge >= 0.3 is 0 Å². The number of nitrogens with zero attached hydrogens (tertiary/aromatic N) is 2. The molecule has 232 valence electrons. The highest BCUT2D eigenvalue weighted by molar-refractivity contribution is 4.51. The van der Waals surface area contributed by atoms with Crippen molar-refractivity contribution in [2.75, 3.05) is 34.2 Å². The molecule has 0 saturated heterocycles. The summed E-state index contributed by atoms with van der Waals surface area (Å²) < 4.78 is -0.127. The summed E-state index contributed by atoms with van der Waals surface area (Å²) >= 11 is 0. The fourth-order valence-electron chi connectivity index (χ4n) is 5.05. The lowest BCUT2D eigenvalue weighted by Crippen LogP contribution is -2.32. The Labute approximate surface area is 241 Å². The Morgan fingerprint density at radius 1 is 0.447 bits per heavy atom. The number of hydrogen-bond donors (Lipinski definition) is 1. The topological polar surface area (TPSA) is 46.5 Å². The van der Waals surface area contributed by atoms with Gasteiger partial charge in [0.05, 0.1) is 20.6 Å². The molecule has 0 aromatic heterocycles. The molecule has 0 amide bonds. The number of hydroxylamine groups is 5. The summed E-state index contributed by atoms with van der Waals surface area (Å²) in [5.41, 5.74) is 0. The van der Waals surface area contributed by atoms with Crippen molar-refractivity contribution in [1.82, 2.24) is 5.06 Å². The first-order valence-corrected chi connectivity index (χ1v) is 17.3. The third-order valence-electron chi connectivity index (χ3n) is 7.64. The number of hydrogen-bond acceptors (Lipinski definition) is 3. The second-order valence-corrected chi connectivity index (χ2v) is 12.5. The van der Waals surface area contributed by atoms with Crippen molar-refractivity contribution in [3.63, 3.8) is 0 Å². The molecule has 0 aromatic rings. The van der Waals surface area contributed by atoms with Crippen molar-refractivity contribution in [2.24, 2.45) is 0 Å². The molecule has 0 aliphatic carbocycles. The van der Waals surface area contributed by atoms with Crippen LogP contribution in [0.5, 0.6) is 0 Å². The van der Waals surface area contributed by atoms with Crippen LogP contribution in [0.4, 0.5) is 0 Å². The van der Waals surface area contributed by atoms with Gasteiger partial charge in [-0.15, -0.1) is 0 Å². The van der Waals surface area contributed by atoms with E-state index < -0.39 is 0 Å². The van der Waals surface area contributed by atoms with Crippen LogP contribution < -0.4 is 0 Å². The molecule has 0 aliphatic rings. The molecule has 0 unspecified atom stereocenters. The molecule has 0 atom stereocenters. The number of rotatable bonds is 29. The molecule has 0 saturated carbocycles. The zero-order valence-corrected chi connectivity index (χ0v) is 27.3. The zero-order valence-electron chi connectivity index (χ0n) is 27.3. The summed E-state index contributed by atoms with van der Waals surface area (Å²) in [6, 6.07) is 0. The van der Waals surface area contributed by atoms with Crippen molar-refractivity contribution in [2.45, 2.75) is 187 Å². The molecule has 0 bridgehead atoms. The van der Waals surface area contributed by atoms with Gasteiger partial charge in [-0.05, 0) is 19.3 Å². The molecule has 0 aliphatic heterocycles. The van der Waals surface area contributed by atoms with E-state index in [0.29, 0.717) is 0 Å². The van der Waals surface area contributed by atoms with Gasteiger partial charge in [0, 0.05) is 13.6 Å². The summed E-state index contributed by atoms with van der Waals surface area (Å²) in [6.45, 7) is 6.15. The Morgan fingerprint density at radius 3 is 0.921 bits per heavy atom. The van der Waals surface area contributed by atoms with Crippen LogP contribution in [-0.2, 0) is 0 Å². The Kier molecular flexibility index (Phi) is 34.8. The predicted molar refractivity (Wildman–Crippen MR) is 171 cm³/mol. The second kappa shape index (κ2) is 33.0. The Hall–Kier alpha value is -0.160. The molecule has 1 N–H and O–H groups in total. The lowest BCUT2D eigenvalue weighted by atomic mass is 10.0. The molecule has 0 radical (unpaired) electrons. The highest BCUT2D eigenvalue weighted by Crippen LogP contribution is 2.14. The van der Waals surface area contributed by atoms with Gasteiger partial charge in [0.15, 0.2) is 0 Å². The maximum Gasteiger partial charge on any atom is 0.0779 e. The largest absolute Gasteiger partial charge is 0.633 e. The number of unbranched alkanes of at least 4 members (excludes halogenated alkanes) is 25. The van der Waals surface area contributed by atoms with E-state index in [4.69, 9.17) is 5.21 Å². The zero-order chi connectivity index (χ0) is 28.6. The van der Waals surface area contributed by atoms with E-state index >= 15 is 0 Å². The maximum absolute atomic E-state index is 11.3. The van der Waals surface area contributed by atoms with Crippen molar-refractivity contribution < 1.29 is 9.85 Å². The molecule has 4 heteroatoms. The second-order valence-electron chi connectivity index (χ2n) is 12.5. The Morgan fingerprint density at radius 2 is 0.684 bits per heavy atom. The van der Waals surface area contributed by atoms with Gasteiger partial charge < -0.3 is 15.1 Å². The average Bonchev–Trinajstić information content (AvgIpc) is 2.86. The van der Waals surface area contributed by atoms with Gasteiger partial charge in [-0.2, -0.15) is 5.06 Å². The van der Waals surface area contributed by atoms with E-state index in [9.17, 15) is 5.21 Å². The Bertz CT molecular complexity index is 410. The maximum atomic E-state index is 11.3. The minimum Gasteiger partial charge on any atom is -0.633 e. The fourth-order valence-corrected chi connectivity index (χ4v) is 5.05. The van der Waals surface area contributed by atoms with Crippen LogP contribution in [0.3, 0.4) is 0 Å². The first kappa shape index (κ1) is 40.0. The van der Waals surface area contributed by atoms with Gasteiger partial charge in [0.1, 0.15) is 0 Å². The first-order valence-electron chi connectivity index (χ1n) is 17.3. The third-order valence-corrected chi connectivity index (χ3v) is 7.64. The van der Waals surface area contributed by atoms with Crippen LogP contribution in [0.1, 0.15) is 187 Å². The van der Waals surface area contributed by atoms with Gasteiger partial charge in [-0.1, -0.05) is 168 Å². The minimum absolute atomic E-state index is 0.127. The normalized spacial score (nSPS) is 11.7. The summed E-state index contributed by atoms with van der Waals surface area (Å²) in [5.74, 6) is 0. The van der Waals surface area contributed by atoms with Crippen LogP contribution in [0.25, 0.3) is 0 Å². The molecule has 0 rings (SSSR count). The van der Waals surface area contributed by atoms with E-state index in [-0.39, 0.29) is 4.65 Å². The molecule has 4 nitrogen and oxygen atoms in total. The SMILES string of the molecule is CCCCCCCCCCCCCCCCCN(C)O.CCCCCCCCCCCCCC[N+](C)(C)[O-]. The van der Waals surface area contributed by atoms with Crippen molar-refractivity contribution in [1.29, 1.82) is 0 Å². The molecular formula is C34H74N2O2. The van der Waals surface area contributed by atoms with Crippen LogP contribution in [0.2, 0.25) is 0 Å². The molecule has 0 fully saturated rings. The standard InChI is InChI=1S/C18H39NO.C16H35NO/c1-3-4-5-6-7-8-9-10-11-12-13-14-15-16-17-18-19(2)20;1-4-5-6-7-8-9-10-11-12-13-14-15-16-17(2,3)18/h20H,3-18H2,1-2H3;4-16H2,1-3H3. The predicted octanol–water partition coefficient (Wildman–Crippen LogP) is 11.4. The van der Waals surface area contributed by atoms with Crippen molar-refractivity contribution >= 4 is 0 Å². The molecule has 0 spiro atoms. The van der Waals surface area contributed by atoms with Crippen LogP contribution >= 0.6 is 0 Å². The number of quaternary nitrogens is 1. The van der Waals surface area contributed by atoms with Gasteiger partial charge in [0.2, 0.25) is 0 Å². The quantitative estimate of drug-likeness (QED) is 0.0580. The lowest BCUT2D eigenvalue weighted by molar-refractivity contribution is -0.840. The summed E-state index contributed by atoms with van der Waals surface area (Å²) in [5, 5.41) is 21.6. The minimum atomic E-state index is -0.127. The van der Waals surface area contributed by atoms with Crippen LogP contribution in [0, 0.1) is 5.21 Å². The first-order chi connectivity index (χ1) is 18.3. The van der Waals surface area contributed by atoms with Gasteiger partial charge in [0.25, 0.3) is 0 Å². The van der Waals surface area contributed by atoms with E-state index in [2.05, 4.69) is 13.8 Å². The van der Waals surface area contributed by atoms with E-state index in [1.54, 1.807) is 21.1 Å². The van der Waals surface area contributed by atoms with Crippen LogP contribution in [-0.4, -0.2) is 49.1 Å². The van der Waals surface area contributed by atoms with E-state index in [1.165, 1.54) is 166 Å². The smallest absolute Gasteiger partial charge is 0.0779 e. The third kappa shape index (κ3) is 42.9. The summed E-state index contributed by atoms with van der Waals surface area (Å²) in [4.78, 5) is 0. The van der Waals surface area contributed by atoms with Crippen LogP contribution in [0.15, 0.2) is 0 Å². The Balaban J connectivity index is 0. The van der Waals surface area contributed by atoms with Gasteiger partial charge in [-0.3, -0.25) is 0 Å². The molecular weight excluding hydrogens is 468 g/mol. The highest BCUT2D eigenvalue weighted by atomic mass is 16.5. The average molecular weight is 543 g/mol. The monoisotopic (exact) mass is 543 g/mol. The molecule has 0 heterocycles. The summed E-state index contributed by atoms with van der Waals surface area (Å²) in [6.07, 6.45) is 37.2. The summed E-state index contributed by atoms with van der Waals surface area (Å²) in [7, 11) is 5.20. The highest BCUT2D eigenvalue weighted by Gasteiger charge is 2.00. The fraction of sp³-hybridized carbons (Fsp3) is 1.00. The molecule has 38 heavy (non-hydrogen) atoms. The van der Waals surface area contributed by atoms with Crippen molar-refractivity contribution in [3.05, 3.63) is 5.21 Å². The van der Waals surface area contributed by atoms with Gasteiger partial charge in [-0.25, -0.2) is 0 Å². The van der Waals surface area contributed by atoms with E-state index in [1.807, 2.05) is 0 Å². The van der Waals surface area contributed by atoms with Crippen molar-refractivity contribution in [3.8, 4) is 0 Å². The lowest BCUT2D eigenvalue weighted by Gasteiger charge is -2.33. The molecule has 0 aromatic carbocycles. The van der Waals surface area contributed by atoms with E-state index in [0.717, 1.165) is 25.9 Å².